The summed E-state index contributed by atoms with van der Waals surface area (Å²) in [6.07, 6.45) is 3.07. The molecule has 3 heteroatoms. The molecule has 3 nitrogen and oxygen atoms in total. The lowest BCUT2D eigenvalue weighted by Crippen LogP contribution is -2.24. The molecule has 0 radical (unpaired) electrons. The maximum Gasteiger partial charge on any atom is 0.137 e. The molecule has 15 heavy (non-hydrogen) atoms. The van der Waals surface area contributed by atoms with E-state index in [-0.39, 0.29) is 0 Å². The highest BCUT2D eigenvalue weighted by molar-refractivity contribution is 5.78. The fourth-order valence-electron chi connectivity index (χ4n) is 1.55. The van der Waals surface area contributed by atoms with Crippen LogP contribution in [0.1, 0.15) is 5.56 Å². The van der Waals surface area contributed by atoms with Gasteiger partial charge in [-0.3, -0.25) is 4.98 Å². The zero-order valence-corrected chi connectivity index (χ0v) is 8.26. The van der Waals surface area contributed by atoms with Crippen LogP contribution in [0.25, 0.3) is 10.9 Å². The number of carbonyl (C=O) groups is 1. The monoisotopic (exact) mass is 200 g/mol. The molecule has 1 aromatic carbocycles. The van der Waals surface area contributed by atoms with E-state index in [9.17, 15) is 4.79 Å². The number of fused-ring (bicyclic) bond motifs is 1. The summed E-state index contributed by atoms with van der Waals surface area (Å²) in [5.74, 6) is 0. The third kappa shape index (κ3) is 2.19. The number of hydrogen-bond donors (Lipinski definition) is 1. The van der Waals surface area contributed by atoms with Crippen LogP contribution >= 0.6 is 0 Å². The Hall–Kier alpha value is -1.74. The maximum absolute atomic E-state index is 10.4. The molecule has 0 aliphatic heterocycles. The van der Waals surface area contributed by atoms with Crippen molar-refractivity contribution in [2.75, 3.05) is 0 Å². The molecule has 0 saturated carbocycles. The van der Waals surface area contributed by atoms with Gasteiger partial charge in [-0.05, 0) is 24.1 Å². The standard InChI is InChI=1S/C12H12N2O/c13-11(8-15)6-9-5-10-3-1-2-4-12(10)14-7-9/h1-5,7-8,11H,6,13H2/t11-/m1/s1. The molecule has 0 amide bonds. The van der Waals surface area contributed by atoms with Gasteiger partial charge in [0.2, 0.25) is 0 Å². The van der Waals surface area contributed by atoms with Gasteiger partial charge < -0.3 is 10.5 Å². The van der Waals surface area contributed by atoms with E-state index in [1.54, 1.807) is 6.20 Å². The van der Waals surface area contributed by atoms with Crippen molar-refractivity contribution >= 4 is 17.2 Å². The smallest absolute Gasteiger partial charge is 0.137 e. The second kappa shape index (κ2) is 4.19. The number of nitrogens with two attached hydrogens (primary N) is 1. The molecule has 1 aromatic heterocycles. The lowest BCUT2D eigenvalue weighted by atomic mass is 10.1. The minimum Gasteiger partial charge on any atom is -0.321 e. The van der Waals surface area contributed by atoms with Crippen molar-refractivity contribution in [3.05, 3.63) is 42.1 Å². The summed E-state index contributed by atoms with van der Waals surface area (Å²) < 4.78 is 0. The molecule has 2 N–H and O–H groups in total. The Kier molecular flexibility index (Phi) is 2.74. The molecule has 0 saturated heterocycles. The van der Waals surface area contributed by atoms with Crippen molar-refractivity contribution in [3.8, 4) is 0 Å². The van der Waals surface area contributed by atoms with Gasteiger partial charge >= 0.3 is 0 Å². The van der Waals surface area contributed by atoms with Crippen molar-refractivity contribution in [1.29, 1.82) is 0 Å². The highest BCUT2D eigenvalue weighted by atomic mass is 16.1. The Bertz CT molecular complexity index is 482. The molecular formula is C12H12N2O. The molecule has 0 spiro atoms. The summed E-state index contributed by atoms with van der Waals surface area (Å²) in [6, 6.07) is 9.45. The second-order valence-corrected chi connectivity index (χ2v) is 3.54. The van der Waals surface area contributed by atoms with Crippen LogP contribution in [-0.2, 0) is 11.2 Å². The summed E-state index contributed by atoms with van der Waals surface area (Å²) >= 11 is 0. The molecule has 76 valence electrons. The summed E-state index contributed by atoms with van der Waals surface area (Å²) in [5, 5.41) is 1.08. The first-order valence-corrected chi connectivity index (χ1v) is 4.84. The van der Waals surface area contributed by atoms with Gasteiger partial charge in [-0.1, -0.05) is 18.2 Å². The van der Waals surface area contributed by atoms with Gasteiger partial charge in [0.05, 0.1) is 11.6 Å². The van der Waals surface area contributed by atoms with E-state index in [0.717, 1.165) is 22.8 Å². The van der Waals surface area contributed by atoms with Crippen molar-refractivity contribution in [3.63, 3.8) is 0 Å². The van der Waals surface area contributed by atoms with Gasteiger partial charge in [-0.2, -0.15) is 0 Å². The van der Waals surface area contributed by atoms with Crippen molar-refractivity contribution in [2.45, 2.75) is 12.5 Å². The van der Waals surface area contributed by atoms with E-state index in [0.29, 0.717) is 6.42 Å². The van der Waals surface area contributed by atoms with Crippen LogP contribution in [0.2, 0.25) is 0 Å². The quantitative estimate of drug-likeness (QED) is 0.760. The van der Waals surface area contributed by atoms with E-state index in [4.69, 9.17) is 5.73 Å². The molecule has 1 atom stereocenters. The Morgan fingerprint density at radius 2 is 2.20 bits per heavy atom. The Labute approximate surface area is 87.9 Å². The zero-order valence-electron chi connectivity index (χ0n) is 8.26. The van der Waals surface area contributed by atoms with Gasteiger partial charge in [-0.15, -0.1) is 0 Å². The summed E-state index contributed by atoms with van der Waals surface area (Å²) in [6.45, 7) is 0. The van der Waals surface area contributed by atoms with Crippen LogP contribution in [0.4, 0.5) is 0 Å². The fraction of sp³-hybridized carbons (Fsp3) is 0.167. The Morgan fingerprint density at radius 1 is 1.40 bits per heavy atom. The number of pyridine rings is 1. The zero-order chi connectivity index (χ0) is 10.7. The number of rotatable bonds is 3. The van der Waals surface area contributed by atoms with Crippen molar-refractivity contribution in [1.82, 2.24) is 4.98 Å². The second-order valence-electron chi connectivity index (χ2n) is 3.54. The predicted octanol–water partition coefficient (Wildman–Crippen LogP) is 1.30. The number of hydrogen-bond acceptors (Lipinski definition) is 3. The summed E-state index contributed by atoms with van der Waals surface area (Å²) in [7, 11) is 0. The van der Waals surface area contributed by atoms with E-state index in [1.807, 2.05) is 30.3 Å². The third-order valence-electron chi connectivity index (χ3n) is 2.29. The van der Waals surface area contributed by atoms with Crippen molar-refractivity contribution < 1.29 is 4.79 Å². The molecule has 0 bridgehead atoms. The molecule has 2 rings (SSSR count). The van der Waals surface area contributed by atoms with E-state index in [2.05, 4.69) is 4.98 Å². The topological polar surface area (TPSA) is 56.0 Å². The molecule has 0 unspecified atom stereocenters. The average molecular weight is 200 g/mol. The number of para-hydroxylation sites is 1. The van der Waals surface area contributed by atoms with Crippen molar-refractivity contribution in [2.24, 2.45) is 5.73 Å². The van der Waals surface area contributed by atoms with Crippen LogP contribution < -0.4 is 5.73 Å². The largest absolute Gasteiger partial charge is 0.321 e. The molecule has 0 aliphatic carbocycles. The highest BCUT2D eigenvalue weighted by Crippen LogP contribution is 2.13. The Morgan fingerprint density at radius 3 is 3.00 bits per heavy atom. The molecule has 1 heterocycles. The first-order valence-electron chi connectivity index (χ1n) is 4.84. The highest BCUT2D eigenvalue weighted by Gasteiger charge is 2.03. The van der Waals surface area contributed by atoms with E-state index in [1.165, 1.54) is 0 Å². The number of aromatic nitrogens is 1. The predicted molar refractivity (Wildman–Crippen MR) is 59.5 cm³/mol. The van der Waals surface area contributed by atoms with Gasteiger partial charge in [0, 0.05) is 11.6 Å². The summed E-state index contributed by atoms with van der Waals surface area (Å²) in [4.78, 5) is 14.7. The fourth-order valence-corrected chi connectivity index (χ4v) is 1.55. The summed E-state index contributed by atoms with van der Waals surface area (Å²) in [5.41, 5.74) is 7.51. The minimum atomic E-state index is -0.437. The average Bonchev–Trinajstić information content (AvgIpc) is 2.29. The van der Waals surface area contributed by atoms with E-state index >= 15 is 0 Å². The first kappa shape index (κ1) is 9.80. The molecular weight excluding hydrogens is 188 g/mol. The van der Waals surface area contributed by atoms with Gasteiger partial charge in [0.15, 0.2) is 0 Å². The van der Waals surface area contributed by atoms with Gasteiger partial charge in [-0.25, -0.2) is 0 Å². The molecule has 0 fully saturated rings. The van der Waals surface area contributed by atoms with Gasteiger partial charge in [0.25, 0.3) is 0 Å². The number of nitrogens with zero attached hydrogens (tertiary/aromatic N) is 1. The number of aldehydes is 1. The number of benzene rings is 1. The van der Waals surface area contributed by atoms with Crippen LogP contribution in [0, 0.1) is 0 Å². The first-order chi connectivity index (χ1) is 7.29. The van der Waals surface area contributed by atoms with Crippen LogP contribution in [0.15, 0.2) is 36.5 Å². The lowest BCUT2D eigenvalue weighted by molar-refractivity contribution is -0.108. The van der Waals surface area contributed by atoms with E-state index < -0.39 is 6.04 Å². The van der Waals surface area contributed by atoms with Crippen LogP contribution in [-0.4, -0.2) is 17.3 Å². The minimum absolute atomic E-state index is 0.437. The number of carbonyl (C=O) groups excluding carboxylic acids is 1. The molecule has 2 aromatic rings. The third-order valence-corrected chi connectivity index (χ3v) is 2.29. The normalized spacial score (nSPS) is 12.6. The van der Waals surface area contributed by atoms with Gasteiger partial charge in [0.1, 0.15) is 6.29 Å². The SMILES string of the molecule is N[C@@H](C=O)Cc1cnc2ccccc2c1. The van der Waals surface area contributed by atoms with Crippen LogP contribution in [0.3, 0.4) is 0 Å². The maximum atomic E-state index is 10.4. The lowest BCUT2D eigenvalue weighted by Gasteiger charge is -2.04. The Balaban J connectivity index is 2.34. The molecule has 0 aliphatic rings. The van der Waals surface area contributed by atoms with Crippen LogP contribution in [0.5, 0.6) is 0 Å².